The lowest BCUT2D eigenvalue weighted by molar-refractivity contribution is -0.870. The fourth-order valence-electron chi connectivity index (χ4n) is 9.38. The number of nitrogens with one attached hydrogen (secondary N) is 1. The maximum atomic E-state index is 13.5. The molecule has 2 N–H and O–H groups in total. The van der Waals surface area contributed by atoms with Gasteiger partial charge in [-0.05, 0) is 63.9 Å². The van der Waals surface area contributed by atoms with Crippen LogP contribution in [0.25, 0.3) is 0 Å². The number of allylic oxidation sites excluding steroid dienone is 5. The van der Waals surface area contributed by atoms with Crippen LogP contribution in [0.3, 0.4) is 0 Å². The van der Waals surface area contributed by atoms with Crippen LogP contribution in [0.15, 0.2) is 36.5 Å². The van der Waals surface area contributed by atoms with Gasteiger partial charge >= 0.3 is 13.8 Å². The van der Waals surface area contributed by atoms with E-state index in [0.717, 1.165) is 64.2 Å². The number of nitrogens with zero attached hydrogens (tertiary/aromatic N) is 1. The molecule has 0 spiro atoms. The first-order valence-electron chi connectivity index (χ1n) is 31.8. The van der Waals surface area contributed by atoms with Crippen molar-refractivity contribution in [1.82, 2.24) is 5.32 Å². The number of ether oxygens (including phenoxy) is 1. The predicted molar refractivity (Wildman–Crippen MR) is 319 cm³/mol. The van der Waals surface area contributed by atoms with E-state index in [1.54, 1.807) is 0 Å². The molecule has 0 saturated carbocycles. The Balaban J connectivity index is 5.21. The highest BCUT2D eigenvalue weighted by molar-refractivity contribution is 7.47. The van der Waals surface area contributed by atoms with Crippen LogP contribution in [0.4, 0.5) is 0 Å². The summed E-state index contributed by atoms with van der Waals surface area (Å²) in [5.41, 5.74) is 0. The third kappa shape index (κ3) is 55.0. The van der Waals surface area contributed by atoms with Crippen LogP contribution in [0, 0.1) is 0 Å². The number of carbonyl (C=O) groups is 2. The van der Waals surface area contributed by atoms with Gasteiger partial charge in [-0.25, -0.2) is 4.57 Å². The van der Waals surface area contributed by atoms with Crippen molar-refractivity contribution < 1.29 is 37.3 Å². The first kappa shape index (κ1) is 72.2. The van der Waals surface area contributed by atoms with Crippen molar-refractivity contribution in [3.05, 3.63) is 36.5 Å². The Hall–Kier alpha value is -1.77. The number of rotatable bonds is 58. The SMILES string of the molecule is CCCCC/C=C\C/C=C\CCCCCCCCCCCC(=O)OC(/C=C/CCCCCCCCCCCC)C(COP(=O)(O)OCC[N+](C)(C)C)NC(=O)CCCCCCCCCCCCCCCCCCC. The van der Waals surface area contributed by atoms with Gasteiger partial charge in [-0.2, -0.15) is 0 Å². The topological polar surface area (TPSA) is 111 Å². The monoisotopic (exact) mass is 1060 g/mol. The largest absolute Gasteiger partial charge is 0.472 e. The fourth-order valence-corrected chi connectivity index (χ4v) is 10.1. The minimum atomic E-state index is -4.44. The van der Waals surface area contributed by atoms with E-state index in [1.165, 1.54) is 212 Å². The van der Waals surface area contributed by atoms with E-state index in [9.17, 15) is 19.0 Å². The predicted octanol–water partition coefficient (Wildman–Crippen LogP) is 19.5. The van der Waals surface area contributed by atoms with Crippen molar-refractivity contribution in [1.29, 1.82) is 0 Å². The molecule has 3 unspecified atom stereocenters. The summed E-state index contributed by atoms with van der Waals surface area (Å²) in [5, 5.41) is 3.06. The highest BCUT2D eigenvalue weighted by Crippen LogP contribution is 2.43. The zero-order chi connectivity index (χ0) is 54.3. The molecule has 3 atom stereocenters. The zero-order valence-electron chi connectivity index (χ0n) is 49.9. The van der Waals surface area contributed by atoms with Crippen LogP contribution in [0.1, 0.15) is 310 Å². The number of amides is 1. The molecule has 0 aliphatic heterocycles. The number of likely N-dealkylation sites (N-methyl/N-ethyl adjacent to an activating group) is 1. The molecule has 1 amide bonds. The number of phosphoric ester groups is 1. The molecular formula is C64H124N2O7P+. The first-order chi connectivity index (χ1) is 35.9. The molecule has 0 aromatic rings. The molecule has 436 valence electrons. The molecule has 0 fully saturated rings. The van der Waals surface area contributed by atoms with Crippen molar-refractivity contribution in [2.75, 3.05) is 40.9 Å². The third-order valence-electron chi connectivity index (χ3n) is 14.3. The molecule has 10 heteroatoms. The summed E-state index contributed by atoms with van der Waals surface area (Å²) >= 11 is 0. The van der Waals surface area contributed by atoms with E-state index in [-0.39, 0.29) is 25.1 Å². The van der Waals surface area contributed by atoms with Gasteiger partial charge in [0.15, 0.2) is 0 Å². The molecule has 0 bridgehead atoms. The van der Waals surface area contributed by atoms with Crippen molar-refractivity contribution in [3.8, 4) is 0 Å². The second kappa shape index (κ2) is 54.6. The lowest BCUT2D eigenvalue weighted by Crippen LogP contribution is -2.47. The van der Waals surface area contributed by atoms with Gasteiger partial charge in [-0.1, -0.05) is 269 Å². The van der Waals surface area contributed by atoms with Crippen LogP contribution < -0.4 is 5.32 Å². The maximum Gasteiger partial charge on any atom is 0.472 e. The van der Waals surface area contributed by atoms with Gasteiger partial charge in [0, 0.05) is 12.8 Å². The minimum Gasteiger partial charge on any atom is -0.456 e. The molecule has 0 rings (SSSR count). The van der Waals surface area contributed by atoms with Gasteiger partial charge in [0.05, 0.1) is 33.8 Å². The third-order valence-corrected chi connectivity index (χ3v) is 15.3. The zero-order valence-corrected chi connectivity index (χ0v) is 50.7. The van der Waals surface area contributed by atoms with Gasteiger partial charge in [0.2, 0.25) is 5.91 Å². The average Bonchev–Trinajstić information content (AvgIpc) is 3.36. The van der Waals surface area contributed by atoms with Crippen molar-refractivity contribution in [3.63, 3.8) is 0 Å². The summed E-state index contributed by atoms with van der Waals surface area (Å²) < 4.78 is 30.7. The van der Waals surface area contributed by atoms with Crippen LogP contribution in [0.2, 0.25) is 0 Å². The summed E-state index contributed by atoms with van der Waals surface area (Å²) in [5.74, 6) is -0.495. The molecule has 0 aromatic heterocycles. The van der Waals surface area contributed by atoms with Gasteiger partial charge < -0.3 is 19.4 Å². The lowest BCUT2D eigenvalue weighted by Gasteiger charge is -2.27. The number of esters is 1. The van der Waals surface area contributed by atoms with Crippen molar-refractivity contribution >= 4 is 19.7 Å². The number of phosphoric acid groups is 1. The Kier molecular flexibility index (Phi) is 53.3. The standard InChI is InChI=1S/C64H123N2O7P/c1-7-10-13-16-19-22-25-28-30-32-33-35-37-39-42-45-48-51-54-57-64(68)73-62(55-52-49-46-43-40-27-24-21-18-15-12-9-3)61(60-72-74(69,70)71-59-58-66(4,5)6)65-63(67)56-53-50-47-44-41-38-36-34-31-29-26-23-20-17-14-11-8-2/h19,22,28,30,52,55,61-62H,7-18,20-21,23-27,29,31-51,53-54,56-60H2,1-6H3,(H-,65,67,69,70)/p+1/b22-19-,30-28-,55-52+. The van der Waals surface area contributed by atoms with E-state index >= 15 is 0 Å². The highest BCUT2D eigenvalue weighted by Gasteiger charge is 2.30. The number of hydrogen-bond acceptors (Lipinski definition) is 6. The first-order valence-corrected chi connectivity index (χ1v) is 33.3. The highest BCUT2D eigenvalue weighted by atomic mass is 31.2. The number of quaternary nitrogens is 1. The van der Waals surface area contributed by atoms with Crippen molar-refractivity contribution in [2.24, 2.45) is 0 Å². The molecule has 0 aliphatic carbocycles. The van der Waals surface area contributed by atoms with Crippen LogP contribution >= 0.6 is 7.82 Å². The van der Waals surface area contributed by atoms with Gasteiger partial charge in [-0.3, -0.25) is 18.6 Å². The molecule has 0 aromatic carbocycles. The Morgan fingerprint density at radius 1 is 0.473 bits per heavy atom. The van der Waals surface area contributed by atoms with E-state index in [1.807, 2.05) is 33.3 Å². The van der Waals surface area contributed by atoms with Crippen LogP contribution in [-0.2, 0) is 27.9 Å². The van der Waals surface area contributed by atoms with Crippen LogP contribution in [0.5, 0.6) is 0 Å². The van der Waals surface area contributed by atoms with Gasteiger partial charge in [0.1, 0.15) is 19.3 Å². The lowest BCUT2D eigenvalue weighted by atomic mass is 10.0. The van der Waals surface area contributed by atoms with Gasteiger partial charge in [-0.15, -0.1) is 0 Å². The Morgan fingerprint density at radius 2 is 0.824 bits per heavy atom. The normalized spacial score (nSPS) is 13.9. The Bertz CT molecular complexity index is 1360. The average molecular weight is 1060 g/mol. The summed E-state index contributed by atoms with van der Waals surface area (Å²) in [6, 6.07) is -0.845. The number of hydrogen-bond donors (Lipinski definition) is 2. The molecule has 74 heavy (non-hydrogen) atoms. The van der Waals surface area contributed by atoms with E-state index in [4.69, 9.17) is 13.8 Å². The Labute approximate surface area is 459 Å². The number of unbranched alkanes of at least 4 members (excludes halogenated alkanes) is 38. The summed E-state index contributed by atoms with van der Waals surface area (Å²) in [6.07, 6.45) is 65.6. The van der Waals surface area contributed by atoms with Crippen molar-refractivity contribution in [2.45, 2.75) is 322 Å². The molecule has 9 nitrogen and oxygen atoms in total. The molecule has 0 saturated heterocycles. The quantitative estimate of drug-likeness (QED) is 0.0205. The second-order valence-electron chi connectivity index (χ2n) is 22.9. The van der Waals surface area contributed by atoms with Gasteiger partial charge in [0.25, 0.3) is 0 Å². The fraction of sp³-hybridized carbons (Fsp3) is 0.875. The summed E-state index contributed by atoms with van der Waals surface area (Å²) in [6.45, 7) is 7.02. The smallest absolute Gasteiger partial charge is 0.456 e. The molecular weight excluding hydrogens is 940 g/mol. The minimum absolute atomic E-state index is 0.0420. The maximum absolute atomic E-state index is 13.5. The van der Waals surface area contributed by atoms with E-state index in [0.29, 0.717) is 23.9 Å². The molecule has 0 radical (unpaired) electrons. The molecule has 0 heterocycles. The van der Waals surface area contributed by atoms with E-state index < -0.39 is 20.0 Å². The number of carbonyl (C=O) groups excluding carboxylic acids is 2. The summed E-state index contributed by atoms with van der Waals surface area (Å²) in [7, 11) is 1.51. The van der Waals surface area contributed by atoms with Crippen LogP contribution in [-0.4, -0.2) is 74.3 Å². The van der Waals surface area contributed by atoms with E-state index in [2.05, 4.69) is 50.4 Å². The Morgan fingerprint density at radius 3 is 1.24 bits per heavy atom. The summed E-state index contributed by atoms with van der Waals surface area (Å²) in [4.78, 5) is 37.7. The molecule has 0 aliphatic rings. The second-order valence-corrected chi connectivity index (χ2v) is 24.4.